The standard InChI is InChI=1S/C14H13FN2O2/c1-9-6-11(16)7-12(13(9)15)14(18)19-8-10-2-4-17-5-3-10/h2-7H,8,16H2,1H3. The third-order valence-electron chi connectivity index (χ3n) is 2.62. The third-order valence-corrected chi connectivity index (χ3v) is 2.62. The maximum absolute atomic E-state index is 13.8. The molecule has 2 rings (SSSR count). The molecule has 1 aromatic heterocycles. The van der Waals surface area contributed by atoms with Crippen molar-refractivity contribution < 1.29 is 13.9 Å². The van der Waals surface area contributed by atoms with Crippen molar-refractivity contribution in [2.75, 3.05) is 5.73 Å². The molecule has 1 heterocycles. The lowest BCUT2D eigenvalue weighted by Gasteiger charge is -2.08. The van der Waals surface area contributed by atoms with Crippen molar-refractivity contribution in [1.82, 2.24) is 4.98 Å². The lowest BCUT2D eigenvalue weighted by molar-refractivity contribution is 0.0467. The largest absolute Gasteiger partial charge is 0.457 e. The molecule has 0 aliphatic carbocycles. The van der Waals surface area contributed by atoms with Crippen LogP contribution < -0.4 is 5.73 Å². The number of aromatic nitrogens is 1. The molecule has 2 N–H and O–H groups in total. The number of benzene rings is 1. The highest BCUT2D eigenvalue weighted by atomic mass is 19.1. The summed E-state index contributed by atoms with van der Waals surface area (Å²) in [6.07, 6.45) is 3.18. The van der Waals surface area contributed by atoms with Crippen LogP contribution in [0.15, 0.2) is 36.7 Å². The quantitative estimate of drug-likeness (QED) is 0.680. The van der Waals surface area contributed by atoms with E-state index in [4.69, 9.17) is 10.5 Å². The molecule has 0 bridgehead atoms. The van der Waals surface area contributed by atoms with Gasteiger partial charge in [0.05, 0.1) is 5.56 Å². The van der Waals surface area contributed by atoms with Crippen LogP contribution in [0, 0.1) is 12.7 Å². The van der Waals surface area contributed by atoms with Gasteiger partial charge in [0.25, 0.3) is 0 Å². The van der Waals surface area contributed by atoms with E-state index in [0.717, 1.165) is 5.56 Å². The van der Waals surface area contributed by atoms with Gasteiger partial charge in [-0.2, -0.15) is 0 Å². The van der Waals surface area contributed by atoms with Gasteiger partial charge in [-0.25, -0.2) is 9.18 Å². The second-order valence-corrected chi connectivity index (χ2v) is 4.13. The Kier molecular flexibility index (Phi) is 3.75. The Morgan fingerprint density at radius 2 is 2.05 bits per heavy atom. The maximum Gasteiger partial charge on any atom is 0.341 e. The Balaban J connectivity index is 2.13. The lowest BCUT2D eigenvalue weighted by atomic mass is 10.1. The van der Waals surface area contributed by atoms with Gasteiger partial charge >= 0.3 is 5.97 Å². The molecule has 0 spiro atoms. The lowest BCUT2D eigenvalue weighted by Crippen LogP contribution is -2.09. The Hall–Kier alpha value is -2.43. The predicted octanol–water partition coefficient (Wildman–Crippen LogP) is 2.47. The summed E-state index contributed by atoms with van der Waals surface area (Å²) in [7, 11) is 0. The number of hydrogen-bond donors (Lipinski definition) is 1. The molecule has 0 radical (unpaired) electrons. The topological polar surface area (TPSA) is 65.2 Å². The molecule has 0 unspecified atom stereocenters. The van der Waals surface area contributed by atoms with Gasteiger partial charge in [0.1, 0.15) is 12.4 Å². The van der Waals surface area contributed by atoms with Crippen LogP contribution in [0.25, 0.3) is 0 Å². The SMILES string of the molecule is Cc1cc(N)cc(C(=O)OCc2ccncc2)c1F. The second kappa shape index (κ2) is 5.48. The summed E-state index contributed by atoms with van der Waals surface area (Å²) in [5, 5.41) is 0. The number of rotatable bonds is 3. The highest BCUT2D eigenvalue weighted by Gasteiger charge is 2.16. The fourth-order valence-corrected chi connectivity index (χ4v) is 1.65. The highest BCUT2D eigenvalue weighted by molar-refractivity contribution is 5.91. The Morgan fingerprint density at radius 3 is 2.74 bits per heavy atom. The molecular weight excluding hydrogens is 247 g/mol. The summed E-state index contributed by atoms with van der Waals surface area (Å²) in [6, 6.07) is 6.18. The van der Waals surface area contributed by atoms with Crippen molar-refractivity contribution in [3.8, 4) is 0 Å². The summed E-state index contributed by atoms with van der Waals surface area (Å²) >= 11 is 0. The fraction of sp³-hybridized carbons (Fsp3) is 0.143. The van der Waals surface area contributed by atoms with Crippen molar-refractivity contribution in [3.63, 3.8) is 0 Å². The van der Waals surface area contributed by atoms with E-state index >= 15 is 0 Å². The van der Waals surface area contributed by atoms with E-state index in [1.54, 1.807) is 31.5 Å². The molecule has 0 saturated carbocycles. The Morgan fingerprint density at radius 1 is 1.37 bits per heavy atom. The van der Waals surface area contributed by atoms with E-state index in [1.165, 1.54) is 12.1 Å². The molecule has 98 valence electrons. The van der Waals surface area contributed by atoms with Gasteiger partial charge in [-0.1, -0.05) is 0 Å². The number of halogens is 1. The zero-order valence-electron chi connectivity index (χ0n) is 10.4. The van der Waals surface area contributed by atoms with Crippen molar-refractivity contribution in [3.05, 3.63) is 59.2 Å². The molecule has 4 nitrogen and oxygen atoms in total. The molecule has 1 aromatic carbocycles. The van der Waals surface area contributed by atoms with E-state index in [1.807, 2.05) is 0 Å². The minimum Gasteiger partial charge on any atom is -0.457 e. The minimum absolute atomic E-state index is 0.0641. The average molecular weight is 260 g/mol. The van der Waals surface area contributed by atoms with E-state index in [-0.39, 0.29) is 12.2 Å². The van der Waals surface area contributed by atoms with Gasteiger partial charge in [-0.15, -0.1) is 0 Å². The van der Waals surface area contributed by atoms with Crippen molar-refractivity contribution in [1.29, 1.82) is 0 Å². The van der Waals surface area contributed by atoms with Crippen LogP contribution in [-0.2, 0) is 11.3 Å². The van der Waals surface area contributed by atoms with Crippen LogP contribution >= 0.6 is 0 Å². The highest BCUT2D eigenvalue weighted by Crippen LogP contribution is 2.18. The molecule has 0 aliphatic rings. The van der Waals surface area contributed by atoms with Gasteiger partial charge in [0.2, 0.25) is 0 Å². The first-order valence-electron chi connectivity index (χ1n) is 5.69. The van der Waals surface area contributed by atoms with Gasteiger partial charge < -0.3 is 10.5 Å². The molecule has 0 fully saturated rings. The first-order chi connectivity index (χ1) is 9.08. The first kappa shape index (κ1) is 13.0. The molecule has 19 heavy (non-hydrogen) atoms. The average Bonchev–Trinajstić information content (AvgIpc) is 2.41. The zero-order valence-corrected chi connectivity index (χ0v) is 10.4. The number of pyridine rings is 1. The summed E-state index contributed by atoms with van der Waals surface area (Å²) in [5.74, 6) is -1.33. The van der Waals surface area contributed by atoms with Gasteiger partial charge in [0.15, 0.2) is 0 Å². The predicted molar refractivity (Wildman–Crippen MR) is 68.9 cm³/mol. The molecular formula is C14H13FN2O2. The number of carbonyl (C=O) groups is 1. The van der Waals surface area contributed by atoms with Crippen LogP contribution in [0.1, 0.15) is 21.5 Å². The maximum atomic E-state index is 13.8. The van der Waals surface area contributed by atoms with Crippen LogP contribution in [-0.4, -0.2) is 11.0 Å². The number of hydrogen-bond acceptors (Lipinski definition) is 4. The summed E-state index contributed by atoms with van der Waals surface area (Å²) in [4.78, 5) is 15.7. The summed E-state index contributed by atoms with van der Waals surface area (Å²) in [6.45, 7) is 1.61. The molecule has 0 atom stereocenters. The molecule has 0 amide bonds. The number of nitrogens with two attached hydrogens (primary N) is 1. The molecule has 2 aromatic rings. The first-order valence-corrected chi connectivity index (χ1v) is 5.69. The third kappa shape index (κ3) is 3.07. The van der Waals surface area contributed by atoms with Crippen LogP contribution in [0.4, 0.5) is 10.1 Å². The van der Waals surface area contributed by atoms with E-state index in [9.17, 15) is 9.18 Å². The summed E-state index contributed by atoms with van der Waals surface area (Å²) in [5.41, 5.74) is 6.87. The van der Waals surface area contributed by atoms with Crippen LogP contribution in [0.3, 0.4) is 0 Å². The van der Waals surface area contributed by atoms with Gasteiger partial charge in [-0.3, -0.25) is 4.98 Å². The number of esters is 1. The number of anilines is 1. The smallest absolute Gasteiger partial charge is 0.341 e. The van der Waals surface area contributed by atoms with Crippen molar-refractivity contribution in [2.24, 2.45) is 0 Å². The van der Waals surface area contributed by atoms with E-state index in [2.05, 4.69) is 4.98 Å². The number of ether oxygens (including phenoxy) is 1. The van der Waals surface area contributed by atoms with Gasteiger partial charge in [0, 0.05) is 18.1 Å². The molecule has 0 aliphatic heterocycles. The van der Waals surface area contributed by atoms with Crippen molar-refractivity contribution in [2.45, 2.75) is 13.5 Å². The zero-order chi connectivity index (χ0) is 13.8. The fourth-order valence-electron chi connectivity index (χ4n) is 1.65. The normalized spacial score (nSPS) is 10.2. The Labute approximate surface area is 110 Å². The van der Waals surface area contributed by atoms with Crippen molar-refractivity contribution >= 4 is 11.7 Å². The monoisotopic (exact) mass is 260 g/mol. The van der Waals surface area contributed by atoms with Gasteiger partial charge in [-0.05, 0) is 42.3 Å². The summed E-state index contributed by atoms with van der Waals surface area (Å²) < 4.78 is 18.8. The van der Waals surface area contributed by atoms with E-state index in [0.29, 0.717) is 11.3 Å². The van der Waals surface area contributed by atoms with Crippen LogP contribution in [0.2, 0.25) is 0 Å². The minimum atomic E-state index is -0.732. The molecule has 5 heteroatoms. The Bertz CT molecular complexity index is 600. The number of nitrogens with zero attached hydrogens (tertiary/aromatic N) is 1. The van der Waals surface area contributed by atoms with E-state index < -0.39 is 11.8 Å². The molecule has 0 saturated heterocycles. The second-order valence-electron chi connectivity index (χ2n) is 4.13. The number of nitrogen functional groups attached to an aromatic ring is 1. The number of aryl methyl sites for hydroxylation is 1. The number of carbonyl (C=O) groups excluding carboxylic acids is 1. The van der Waals surface area contributed by atoms with Crippen LogP contribution in [0.5, 0.6) is 0 Å².